The Hall–Kier alpha value is -4.79. The fraction of sp³-hybridized carbons (Fsp3) is 0. The Balaban J connectivity index is 1.38. The van der Waals surface area contributed by atoms with E-state index in [1.165, 1.54) is 81.1 Å². The molecule has 0 unspecified atom stereocenters. The van der Waals surface area contributed by atoms with E-state index < -0.39 is 0 Å². The minimum atomic E-state index is 1.18. The predicted octanol–water partition coefficient (Wildman–Crippen LogP) is 10.9. The minimum Gasteiger partial charge on any atom is -0.309 e. The van der Waals surface area contributed by atoms with Crippen LogP contribution in [0.3, 0.4) is 0 Å². The molecule has 1 nitrogen and oxygen atoms in total. The highest BCUT2D eigenvalue weighted by molar-refractivity contribution is 7.99. The Kier molecular flexibility index (Phi) is 4.61. The maximum Gasteiger partial charge on any atom is 0.0553 e. The molecule has 0 fully saturated rings. The number of para-hydroxylation sites is 2. The molecule has 0 aliphatic carbocycles. The van der Waals surface area contributed by atoms with E-state index in [-0.39, 0.29) is 0 Å². The lowest BCUT2D eigenvalue weighted by atomic mass is 9.91. The van der Waals surface area contributed by atoms with Gasteiger partial charge in [0.05, 0.1) is 11.0 Å². The molecular formula is C38H23NS. The van der Waals surface area contributed by atoms with Crippen molar-refractivity contribution in [3.63, 3.8) is 0 Å². The molecule has 1 aliphatic heterocycles. The topological polar surface area (TPSA) is 4.93 Å². The van der Waals surface area contributed by atoms with Gasteiger partial charge in [0.15, 0.2) is 0 Å². The van der Waals surface area contributed by atoms with Gasteiger partial charge in [-0.15, -0.1) is 0 Å². The lowest BCUT2D eigenvalue weighted by Crippen LogP contribution is -1.95. The molecule has 0 bridgehead atoms. The summed E-state index contributed by atoms with van der Waals surface area (Å²) in [4.78, 5) is 2.66. The summed E-state index contributed by atoms with van der Waals surface area (Å²) in [7, 11) is 0. The second-order valence-electron chi connectivity index (χ2n) is 10.5. The largest absolute Gasteiger partial charge is 0.309 e. The Morgan fingerprint density at radius 1 is 0.425 bits per heavy atom. The Bertz CT molecular complexity index is 2290. The average Bonchev–Trinajstić information content (AvgIpc) is 3.36. The number of hydrogen-bond acceptors (Lipinski definition) is 1. The third kappa shape index (κ3) is 3.05. The quantitative estimate of drug-likeness (QED) is 0.217. The maximum atomic E-state index is 2.42. The standard InChI is InChI=1S/C38H23NS/c1-2-12-26(13-3-1)39-33-18-7-6-16-30(33)38-28-15-5-4-14-27(28)31(23-34(38)39)25-20-21-35-32(22-25)29-17-8-10-24-11-9-19-36(40-35)37(24)29/h1-23H. The van der Waals surface area contributed by atoms with Crippen molar-refractivity contribution in [2.75, 3.05) is 0 Å². The number of fused-ring (bicyclic) bond motifs is 7. The third-order valence-electron chi connectivity index (χ3n) is 8.36. The second-order valence-corrected chi connectivity index (χ2v) is 11.6. The van der Waals surface area contributed by atoms with Crippen molar-refractivity contribution in [3.05, 3.63) is 140 Å². The monoisotopic (exact) mass is 525 g/mol. The van der Waals surface area contributed by atoms with Crippen molar-refractivity contribution >= 4 is 55.1 Å². The van der Waals surface area contributed by atoms with Gasteiger partial charge in [0.25, 0.3) is 0 Å². The SMILES string of the molecule is c1ccc(-n2c3ccccc3c3c4ccccc4c(-c4ccc5c(c4)-c4cccc6cccc(c46)S5)cc32)cc1. The summed E-state index contributed by atoms with van der Waals surface area (Å²) in [6, 6.07) is 51.2. The zero-order chi connectivity index (χ0) is 26.2. The number of benzene rings is 7. The van der Waals surface area contributed by atoms with Crippen LogP contribution < -0.4 is 0 Å². The van der Waals surface area contributed by atoms with E-state index in [1.807, 2.05) is 11.8 Å². The summed E-state index contributed by atoms with van der Waals surface area (Å²) in [5, 5.41) is 7.84. The number of rotatable bonds is 2. The van der Waals surface area contributed by atoms with Crippen molar-refractivity contribution in [2.24, 2.45) is 0 Å². The normalized spacial score (nSPS) is 12.4. The second kappa shape index (κ2) is 8.35. The van der Waals surface area contributed by atoms with Gasteiger partial charge < -0.3 is 4.57 Å². The summed E-state index contributed by atoms with van der Waals surface area (Å²) in [6.45, 7) is 0. The number of hydrogen-bond donors (Lipinski definition) is 0. The van der Waals surface area contributed by atoms with Crippen LogP contribution in [0.25, 0.3) is 71.3 Å². The highest BCUT2D eigenvalue weighted by Gasteiger charge is 2.21. The van der Waals surface area contributed by atoms with E-state index in [9.17, 15) is 0 Å². The molecule has 2 heteroatoms. The molecule has 186 valence electrons. The smallest absolute Gasteiger partial charge is 0.0553 e. The van der Waals surface area contributed by atoms with Gasteiger partial charge in [-0.25, -0.2) is 0 Å². The molecule has 0 atom stereocenters. The molecule has 0 saturated heterocycles. The summed E-state index contributed by atoms with van der Waals surface area (Å²) >= 11 is 1.88. The van der Waals surface area contributed by atoms with Crippen molar-refractivity contribution < 1.29 is 0 Å². The van der Waals surface area contributed by atoms with Crippen LogP contribution in [-0.2, 0) is 0 Å². The van der Waals surface area contributed by atoms with Crippen LogP contribution in [0.1, 0.15) is 0 Å². The molecule has 9 rings (SSSR count). The molecule has 40 heavy (non-hydrogen) atoms. The lowest BCUT2D eigenvalue weighted by molar-refractivity contribution is 1.18. The fourth-order valence-corrected chi connectivity index (χ4v) is 7.78. The van der Waals surface area contributed by atoms with Crippen LogP contribution in [0.2, 0.25) is 0 Å². The fourth-order valence-electron chi connectivity index (χ4n) is 6.66. The third-order valence-corrected chi connectivity index (χ3v) is 9.50. The first-order valence-electron chi connectivity index (χ1n) is 13.7. The summed E-state index contributed by atoms with van der Waals surface area (Å²) in [6.07, 6.45) is 0. The summed E-state index contributed by atoms with van der Waals surface area (Å²) in [5.74, 6) is 0. The van der Waals surface area contributed by atoms with E-state index in [4.69, 9.17) is 0 Å². The van der Waals surface area contributed by atoms with E-state index in [2.05, 4.69) is 144 Å². The molecule has 1 aromatic heterocycles. The Labute approximate surface area is 236 Å². The molecule has 2 heterocycles. The van der Waals surface area contributed by atoms with Gasteiger partial charge in [0, 0.05) is 31.6 Å². The molecular weight excluding hydrogens is 502 g/mol. The molecule has 0 N–H and O–H groups in total. The van der Waals surface area contributed by atoms with E-state index in [0.717, 1.165) is 0 Å². The predicted molar refractivity (Wildman–Crippen MR) is 171 cm³/mol. The van der Waals surface area contributed by atoms with Gasteiger partial charge >= 0.3 is 0 Å². The van der Waals surface area contributed by atoms with E-state index >= 15 is 0 Å². The molecule has 0 radical (unpaired) electrons. The Morgan fingerprint density at radius 3 is 2.05 bits per heavy atom. The van der Waals surface area contributed by atoms with Crippen LogP contribution in [0.5, 0.6) is 0 Å². The van der Waals surface area contributed by atoms with Gasteiger partial charge in [0.1, 0.15) is 0 Å². The van der Waals surface area contributed by atoms with Gasteiger partial charge in [-0.1, -0.05) is 109 Å². The lowest BCUT2D eigenvalue weighted by Gasteiger charge is -2.21. The van der Waals surface area contributed by atoms with Crippen LogP contribution >= 0.6 is 11.8 Å². The van der Waals surface area contributed by atoms with Gasteiger partial charge in [-0.3, -0.25) is 0 Å². The molecule has 1 aliphatic rings. The first-order valence-corrected chi connectivity index (χ1v) is 14.5. The highest BCUT2D eigenvalue weighted by atomic mass is 32.2. The van der Waals surface area contributed by atoms with Crippen LogP contribution in [-0.4, -0.2) is 4.57 Å². The first-order chi connectivity index (χ1) is 19.8. The molecule has 8 aromatic rings. The summed E-state index contributed by atoms with van der Waals surface area (Å²) in [5.41, 5.74) is 8.81. The van der Waals surface area contributed by atoms with Crippen molar-refractivity contribution in [3.8, 4) is 27.9 Å². The average molecular weight is 526 g/mol. The van der Waals surface area contributed by atoms with Crippen molar-refractivity contribution in [1.29, 1.82) is 0 Å². The van der Waals surface area contributed by atoms with Crippen LogP contribution in [0.15, 0.2) is 149 Å². The van der Waals surface area contributed by atoms with Gasteiger partial charge in [0.2, 0.25) is 0 Å². The molecule has 0 amide bonds. The molecule has 0 saturated carbocycles. The minimum absolute atomic E-state index is 1.18. The number of nitrogens with zero attached hydrogens (tertiary/aromatic N) is 1. The van der Waals surface area contributed by atoms with Crippen molar-refractivity contribution in [2.45, 2.75) is 9.79 Å². The zero-order valence-electron chi connectivity index (χ0n) is 21.6. The molecule has 0 spiro atoms. The highest BCUT2D eigenvalue weighted by Crippen LogP contribution is 2.49. The summed E-state index contributed by atoms with van der Waals surface area (Å²) < 4.78 is 2.42. The first kappa shape index (κ1) is 22.1. The van der Waals surface area contributed by atoms with Gasteiger partial charge in [-0.05, 0) is 80.9 Å². The maximum absolute atomic E-state index is 2.42. The van der Waals surface area contributed by atoms with Crippen LogP contribution in [0.4, 0.5) is 0 Å². The number of aromatic nitrogens is 1. The molecule has 7 aromatic carbocycles. The van der Waals surface area contributed by atoms with Gasteiger partial charge in [-0.2, -0.15) is 0 Å². The van der Waals surface area contributed by atoms with E-state index in [0.29, 0.717) is 0 Å². The van der Waals surface area contributed by atoms with Crippen LogP contribution in [0, 0.1) is 0 Å². The van der Waals surface area contributed by atoms with E-state index in [1.54, 1.807) is 0 Å². The zero-order valence-corrected chi connectivity index (χ0v) is 22.5. The Morgan fingerprint density at radius 2 is 1.18 bits per heavy atom. The van der Waals surface area contributed by atoms with Crippen molar-refractivity contribution in [1.82, 2.24) is 4.57 Å².